The number of aryl methyl sites for hydroxylation is 2. The van der Waals surface area contributed by atoms with Crippen LogP contribution in [0.15, 0.2) is 4.47 Å². The average Bonchev–Trinajstić information content (AvgIpc) is 2.67. The summed E-state index contributed by atoms with van der Waals surface area (Å²) in [7, 11) is 0. The molecule has 1 heterocycles. The summed E-state index contributed by atoms with van der Waals surface area (Å²) in [5.74, 6) is 0.396. The highest BCUT2D eigenvalue weighted by Gasteiger charge is 2.21. The summed E-state index contributed by atoms with van der Waals surface area (Å²) in [6.07, 6.45) is 4.97. The Kier molecular flexibility index (Phi) is 7.08. The highest BCUT2D eigenvalue weighted by atomic mass is 79.9. The maximum absolute atomic E-state index is 10.5. The van der Waals surface area contributed by atoms with Gasteiger partial charge in [-0.25, -0.2) is 0 Å². The summed E-state index contributed by atoms with van der Waals surface area (Å²) >= 11 is 3.60. The Labute approximate surface area is 125 Å². The summed E-state index contributed by atoms with van der Waals surface area (Å²) in [6, 6.07) is 0. The van der Waals surface area contributed by atoms with Crippen LogP contribution in [-0.4, -0.2) is 21.0 Å². The van der Waals surface area contributed by atoms with Gasteiger partial charge < -0.3 is 5.11 Å². The van der Waals surface area contributed by atoms with Gasteiger partial charge in [0.25, 0.3) is 0 Å². The molecule has 0 fully saturated rings. The van der Waals surface area contributed by atoms with Crippen LogP contribution in [0.3, 0.4) is 0 Å². The lowest BCUT2D eigenvalue weighted by molar-refractivity contribution is 0.0965. The Morgan fingerprint density at radius 3 is 2.53 bits per heavy atom. The minimum Gasteiger partial charge on any atom is -0.392 e. The molecule has 0 spiro atoms. The van der Waals surface area contributed by atoms with Crippen molar-refractivity contribution in [3.8, 4) is 0 Å². The van der Waals surface area contributed by atoms with Crippen LogP contribution < -0.4 is 0 Å². The van der Waals surface area contributed by atoms with Gasteiger partial charge in [0, 0.05) is 13.0 Å². The van der Waals surface area contributed by atoms with E-state index >= 15 is 0 Å². The minimum atomic E-state index is -0.269. The van der Waals surface area contributed by atoms with Gasteiger partial charge in [-0.2, -0.15) is 5.10 Å². The maximum Gasteiger partial charge on any atom is 0.0738 e. The third-order valence-electron chi connectivity index (χ3n) is 3.85. The number of hydrogen-bond acceptors (Lipinski definition) is 2. The second-order valence-electron chi connectivity index (χ2n) is 5.24. The molecule has 4 heteroatoms. The molecule has 0 aliphatic carbocycles. The molecule has 0 saturated heterocycles. The Balaban J connectivity index is 2.77. The molecule has 1 N–H and O–H groups in total. The largest absolute Gasteiger partial charge is 0.392 e. The summed E-state index contributed by atoms with van der Waals surface area (Å²) in [5, 5.41) is 15.0. The third-order valence-corrected chi connectivity index (χ3v) is 4.88. The van der Waals surface area contributed by atoms with Crippen LogP contribution in [0.5, 0.6) is 0 Å². The van der Waals surface area contributed by atoms with Crippen LogP contribution in [0.2, 0.25) is 0 Å². The molecule has 0 amide bonds. The number of unbranched alkanes of at least 4 members (excludes halogenated alkanes) is 1. The quantitative estimate of drug-likeness (QED) is 0.779. The Bertz CT molecular complexity index is 390. The molecule has 2 atom stereocenters. The van der Waals surface area contributed by atoms with Crippen molar-refractivity contribution >= 4 is 15.9 Å². The zero-order valence-corrected chi connectivity index (χ0v) is 14.2. The van der Waals surface area contributed by atoms with Crippen LogP contribution >= 0.6 is 15.9 Å². The van der Waals surface area contributed by atoms with Gasteiger partial charge in [-0.05, 0) is 42.1 Å². The first-order valence-corrected chi connectivity index (χ1v) is 8.24. The van der Waals surface area contributed by atoms with E-state index < -0.39 is 0 Å². The maximum atomic E-state index is 10.5. The van der Waals surface area contributed by atoms with E-state index in [1.807, 2.05) is 11.6 Å². The van der Waals surface area contributed by atoms with Crippen LogP contribution in [-0.2, 0) is 13.0 Å². The van der Waals surface area contributed by atoms with Crippen LogP contribution in [0.25, 0.3) is 0 Å². The lowest BCUT2D eigenvalue weighted by Gasteiger charge is -2.22. The normalized spacial score (nSPS) is 14.6. The van der Waals surface area contributed by atoms with E-state index in [2.05, 4.69) is 41.8 Å². The van der Waals surface area contributed by atoms with Gasteiger partial charge in [0.2, 0.25) is 0 Å². The molecule has 0 aliphatic rings. The molecule has 0 saturated carbocycles. The number of halogens is 1. The number of nitrogens with zero attached hydrogens (tertiary/aromatic N) is 2. The highest BCUT2D eigenvalue weighted by molar-refractivity contribution is 9.10. The standard InChI is InChI=1S/C15H27BrN2O/c1-5-8-9-12(6-2)14(19)10-13-15(16)11(4)17-18(13)7-3/h12,14,19H,5-10H2,1-4H3. The van der Waals surface area contributed by atoms with Gasteiger partial charge >= 0.3 is 0 Å². The molecular weight excluding hydrogens is 304 g/mol. The number of aromatic nitrogens is 2. The fourth-order valence-electron chi connectivity index (χ4n) is 2.56. The van der Waals surface area contributed by atoms with Crippen molar-refractivity contribution in [2.45, 2.75) is 72.4 Å². The predicted molar refractivity (Wildman–Crippen MR) is 83.4 cm³/mol. The number of rotatable bonds is 8. The molecule has 3 nitrogen and oxygen atoms in total. The molecule has 1 rings (SSSR count). The zero-order chi connectivity index (χ0) is 14.4. The smallest absolute Gasteiger partial charge is 0.0738 e. The van der Waals surface area contributed by atoms with Crippen molar-refractivity contribution < 1.29 is 5.11 Å². The highest BCUT2D eigenvalue weighted by Crippen LogP contribution is 2.26. The third kappa shape index (κ3) is 4.32. The molecule has 0 radical (unpaired) electrons. The fraction of sp³-hybridized carbons (Fsp3) is 0.800. The first kappa shape index (κ1) is 16.7. The van der Waals surface area contributed by atoms with Crippen LogP contribution in [0.4, 0.5) is 0 Å². The van der Waals surface area contributed by atoms with Crippen molar-refractivity contribution in [3.63, 3.8) is 0 Å². The van der Waals surface area contributed by atoms with Gasteiger partial charge in [-0.1, -0.05) is 33.1 Å². The van der Waals surface area contributed by atoms with Gasteiger partial charge in [0.1, 0.15) is 0 Å². The summed E-state index contributed by atoms with van der Waals surface area (Å²) < 4.78 is 3.05. The van der Waals surface area contributed by atoms with Gasteiger partial charge in [0.05, 0.1) is 22.0 Å². The Morgan fingerprint density at radius 2 is 2.00 bits per heavy atom. The minimum absolute atomic E-state index is 0.269. The number of aliphatic hydroxyl groups excluding tert-OH is 1. The van der Waals surface area contributed by atoms with E-state index in [1.54, 1.807) is 0 Å². The molecule has 1 aromatic rings. The average molecular weight is 331 g/mol. The second kappa shape index (κ2) is 8.05. The Morgan fingerprint density at radius 1 is 1.32 bits per heavy atom. The lowest BCUT2D eigenvalue weighted by Crippen LogP contribution is -2.24. The summed E-state index contributed by atoms with van der Waals surface area (Å²) in [5.41, 5.74) is 2.13. The number of aliphatic hydroxyl groups is 1. The molecule has 0 aliphatic heterocycles. The molecule has 2 unspecified atom stereocenters. The predicted octanol–water partition coefficient (Wildman–Crippen LogP) is 4.09. The van der Waals surface area contributed by atoms with Crippen molar-refractivity contribution in [1.29, 1.82) is 0 Å². The van der Waals surface area contributed by atoms with Gasteiger partial charge in [-0.3, -0.25) is 4.68 Å². The molecule has 19 heavy (non-hydrogen) atoms. The lowest BCUT2D eigenvalue weighted by atomic mass is 9.91. The SMILES string of the molecule is CCCCC(CC)C(O)Cc1c(Br)c(C)nn1CC. The topological polar surface area (TPSA) is 38.1 Å². The summed E-state index contributed by atoms with van der Waals surface area (Å²) in [4.78, 5) is 0. The zero-order valence-electron chi connectivity index (χ0n) is 12.6. The first-order chi connectivity index (χ1) is 9.04. The van der Waals surface area contributed by atoms with E-state index in [0.29, 0.717) is 12.3 Å². The van der Waals surface area contributed by atoms with E-state index in [0.717, 1.165) is 35.2 Å². The molecule has 0 aromatic carbocycles. The van der Waals surface area contributed by atoms with Crippen molar-refractivity contribution in [3.05, 3.63) is 15.9 Å². The first-order valence-electron chi connectivity index (χ1n) is 7.44. The summed E-state index contributed by atoms with van der Waals surface area (Å²) in [6.45, 7) is 9.30. The second-order valence-corrected chi connectivity index (χ2v) is 6.04. The number of hydrogen-bond donors (Lipinski definition) is 1. The van der Waals surface area contributed by atoms with E-state index in [1.165, 1.54) is 12.8 Å². The van der Waals surface area contributed by atoms with E-state index in [9.17, 15) is 5.11 Å². The fourth-order valence-corrected chi connectivity index (χ4v) is 3.01. The van der Waals surface area contributed by atoms with Gasteiger partial charge in [0.15, 0.2) is 0 Å². The molecular formula is C15H27BrN2O. The van der Waals surface area contributed by atoms with Crippen LogP contribution in [0, 0.1) is 12.8 Å². The van der Waals surface area contributed by atoms with E-state index in [4.69, 9.17) is 0 Å². The van der Waals surface area contributed by atoms with Crippen LogP contribution in [0.1, 0.15) is 57.8 Å². The van der Waals surface area contributed by atoms with E-state index in [-0.39, 0.29) is 6.10 Å². The molecule has 0 bridgehead atoms. The molecule has 1 aromatic heterocycles. The van der Waals surface area contributed by atoms with Crippen molar-refractivity contribution in [1.82, 2.24) is 9.78 Å². The Hall–Kier alpha value is -0.350. The van der Waals surface area contributed by atoms with Crippen molar-refractivity contribution in [2.24, 2.45) is 5.92 Å². The van der Waals surface area contributed by atoms with Crippen molar-refractivity contribution in [2.75, 3.05) is 0 Å². The molecule has 110 valence electrons. The monoisotopic (exact) mass is 330 g/mol. The van der Waals surface area contributed by atoms with Gasteiger partial charge in [-0.15, -0.1) is 0 Å².